The van der Waals surface area contributed by atoms with Gasteiger partial charge in [-0.1, -0.05) is 51.8 Å². The molecule has 0 heterocycles. The van der Waals surface area contributed by atoms with E-state index < -0.39 is 10.0 Å². The van der Waals surface area contributed by atoms with Crippen molar-refractivity contribution in [1.29, 1.82) is 0 Å². The van der Waals surface area contributed by atoms with Gasteiger partial charge < -0.3 is 10.1 Å². The van der Waals surface area contributed by atoms with Crippen molar-refractivity contribution in [1.82, 2.24) is 5.32 Å². The maximum atomic E-state index is 11.3. The minimum absolute atomic E-state index is 0.121. The summed E-state index contributed by atoms with van der Waals surface area (Å²) in [6.45, 7) is 1.84. The van der Waals surface area contributed by atoms with Crippen LogP contribution < -0.4 is 15.2 Å². The van der Waals surface area contributed by atoms with Gasteiger partial charge in [-0.3, -0.25) is 0 Å². The average Bonchev–Trinajstić information content (AvgIpc) is 2.71. The summed E-state index contributed by atoms with van der Waals surface area (Å²) in [5.74, 6) is 0.818. The van der Waals surface area contributed by atoms with Crippen molar-refractivity contribution in [3.8, 4) is 5.75 Å². The van der Waals surface area contributed by atoms with Gasteiger partial charge in [0.05, 0.1) is 4.90 Å². The summed E-state index contributed by atoms with van der Waals surface area (Å²) >= 11 is 9.44. The highest BCUT2D eigenvalue weighted by Gasteiger charge is 2.08. The van der Waals surface area contributed by atoms with Crippen LogP contribution >= 0.6 is 27.5 Å². The summed E-state index contributed by atoms with van der Waals surface area (Å²) in [7, 11) is -3.66. The first-order valence-electron chi connectivity index (χ1n) is 9.29. The van der Waals surface area contributed by atoms with E-state index in [1.165, 1.54) is 12.1 Å². The van der Waals surface area contributed by atoms with Gasteiger partial charge in [0.25, 0.3) is 0 Å². The fourth-order valence-electron chi connectivity index (χ4n) is 2.87. The first-order chi connectivity index (χ1) is 14.3. The Kier molecular flexibility index (Phi) is 7.91. The molecule has 0 radical (unpaired) electrons. The van der Waals surface area contributed by atoms with Gasteiger partial charge >= 0.3 is 0 Å². The van der Waals surface area contributed by atoms with E-state index in [4.69, 9.17) is 21.5 Å². The smallest absolute Gasteiger partial charge is 0.238 e. The molecule has 0 aliphatic rings. The number of nitrogens with two attached hydrogens (primary N) is 1. The lowest BCUT2D eigenvalue weighted by Crippen LogP contribution is -2.17. The zero-order valence-electron chi connectivity index (χ0n) is 16.1. The standard InChI is InChI=1S/C22H22BrClN2O3S/c23-19-5-10-22(29-15-17-1-6-20(24)7-2-17)18(13-19)14-26-12-11-16-3-8-21(9-4-16)30(25,27)28/h1-10,13,26H,11-12,14-15H2,(H2,25,27,28). The number of sulfonamides is 1. The van der Waals surface area contributed by atoms with E-state index in [1.54, 1.807) is 12.1 Å². The van der Waals surface area contributed by atoms with Crippen molar-refractivity contribution < 1.29 is 13.2 Å². The third-order valence-electron chi connectivity index (χ3n) is 4.49. The maximum absolute atomic E-state index is 11.3. The molecule has 30 heavy (non-hydrogen) atoms. The van der Waals surface area contributed by atoms with Crippen molar-refractivity contribution in [3.63, 3.8) is 0 Å². The highest BCUT2D eigenvalue weighted by atomic mass is 79.9. The molecule has 0 saturated carbocycles. The molecule has 0 aliphatic heterocycles. The largest absolute Gasteiger partial charge is 0.489 e. The Balaban J connectivity index is 1.54. The lowest BCUT2D eigenvalue weighted by Gasteiger charge is -2.13. The van der Waals surface area contributed by atoms with Gasteiger partial charge in [-0.15, -0.1) is 0 Å². The number of nitrogens with one attached hydrogen (secondary N) is 1. The van der Waals surface area contributed by atoms with Crippen LogP contribution in [0, 0.1) is 0 Å². The molecule has 8 heteroatoms. The third kappa shape index (κ3) is 6.82. The number of ether oxygens (including phenoxy) is 1. The van der Waals surface area contributed by atoms with Crippen molar-refractivity contribution in [2.45, 2.75) is 24.5 Å². The molecular formula is C22H22BrClN2O3S. The molecule has 0 saturated heterocycles. The summed E-state index contributed by atoms with van der Waals surface area (Å²) in [5, 5.41) is 9.23. The second-order valence-electron chi connectivity index (χ2n) is 6.78. The first kappa shape index (κ1) is 22.8. The molecule has 0 aliphatic carbocycles. The van der Waals surface area contributed by atoms with Gasteiger partial charge in [-0.2, -0.15) is 0 Å². The van der Waals surface area contributed by atoms with E-state index >= 15 is 0 Å². The van der Waals surface area contributed by atoms with E-state index in [0.29, 0.717) is 18.2 Å². The fraction of sp³-hybridized carbons (Fsp3) is 0.182. The minimum Gasteiger partial charge on any atom is -0.489 e. The quantitative estimate of drug-likeness (QED) is 0.411. The van der Waals surface area contributed by atoms with Gasteiger partial charge in [-0.25, -0.2) is 13.6 Å². The minimum atomic E-state index is -3.66. The van der Waals surface area contributed by atoms with Crippen LogP contribution in [-0.2, 0) is 29.6 Å². The Morgan fingerprint density at radius 2 is 1.63 bits per heavy atom. The van der Waals surface area contributed by atoms with Crippen LogP contribution in [-0.4, -0.2) is 15.0 Å². The van der Waals surface area contributed by atoms with Crippen molar-refractivity contribution in [2.24, 2.45) is 5.14 Å². The third-order valence-corrected chi connectivity index (χ3v) is 6.16. The number of hydrogen-bond acceptors (Lipinski definition) is 4. The molecule has 3 aromatic carbocycles. The number of rotatable bonds is 9. The van der Waals surface area contributed by atoms with Crippen LogP contribution in [0.3, 0.4) is 0 Å². The molecule has 3 rings (SSSR count). The Morgan fingerprint density at radius 1 is 0.967 bits per heavy atom. The molecule has 3 N–H and O–H groups in total. The highest BCUT2D eigenvalue weighted by molar-refractivity contribution is 9.10. The molecule has 158 valence electrons. The second kappa shape index (κ2) is 10.4. The Morgan fingerprint density at radius 3 is 2.30 bits per heavy atom. The molecule has 3 aromatic rings. The van der Waals surface area contributed by atoms with E-state index in [2.05, 4.69) is 21.2 Å². The van der Waals surface area contributed by atoms with Crippen LogP contribution in [0.15, 0.2) is 76.1 Å². The fourth-order valence-corrected chi connectivity index (χ4v) is 3.92. The van der Waals surface area contributed by atoms with Crippen LogP contribution in [0.4, 0.5) is 0 Å². The van der Waals surface area contributed by atoms with E-state index in [1.807, 2.05) is 42.5 Å². The summed E-state index contributed by atoms with van der Waals surface area (Å²) < 4.78 is 29.6. The molecule has 0 bridgehead atoms. The lowest BCUT2D eigenvalue weighted by molar-refractivity contribution is 0.302. The van der Waals surface area contributed by atoms with Gasteiger partial charge in [0, 0.05) is 21.6 Å². The Labute approximate surface area is 190 Å². The van der Waals surface area contributed by atoms with Gasteiger partial charge in [0.15, 0.2) is 0 Å². The van der Waals surface area contributed by atoms with E-state index in [-0.39, 0.29) is 4.90 Å². The van der Waals surface area contributed by atoms with Crippen LogP contribution in [0.25, 0.3) is 0 Å². The molecule has 0 atom stereocenters. The van der Waals surface area contributed by atoms with Gasteiger partial charge in [0.2, 0.25) is 10.0 Å². The lowest BCUT2D eigenvalue weighted by atomic mass is 10.1. The zero-order chi connectivity index (χ0) is 21.6. The summed E-state index contributed by atoms with van der Waals surface area (Å²) in [6.07, 6.45) is 0.764. The normalized spacial score (nSPS) is 11.4. The zero-order valence-corrected chi connectivity index (χ0v) is 19.3. The Hall–Kier alpha value is -1.90. The van der Waals surface area contributed by atoms with Crippen LogP contribution in [0.2, 0.25) is 5.02 Å². The summed E-state index contributed by atoms with van der Waals surface area (Å²) in [6, 6.07) is 20.1. The number of halogens is 2. The van der Waals surface area contributed by atoms with Crippen LogP contribution in [0.1, 0.15) is 16.7 Å². The average molecular weight is 510 g/mol. The summed E-state index contributed by atoms with van der Waals surface area (Å²) in [5.41, 5.74) is 3.12. The molecule has 0 amide bonds. The summed E-state index contributed by atoms with van der Waals surface area (Å²) in [4.78, 5) is 0.121. The molecule has 0 fully saturated rings. The first-order valence-corrected chi connectivity index (χ1v) is 12.0. The van der Waals surface area contributed by atoms with E-state index in [9.17, 15) is 8.42 Å². The molecule has 0 spiro atoms. The number of hydrogen-bond donors (Lipinski definition) is 2. The monoisotopic (exact) mass is 508 g/mol. The van der Waals surface area contributed by atoms with Crippen LogP contribution in [0.5, 0.6) is 5.75 Å². The molecular weight excluding hydrogens is 488 g/mol. The van der Waals surface area contributed by atoms with Crippen molar-refractivity contribution in [3.05, 3.63) is 92.9 Å². The predicted molar refractivity (Wildman–Crippen MR) is 123 cm³/mol. The second-order valence-corrected chi connectivity index (χ2v) is 9.70. The number of benzene rings is 3. The van der Waals surface area contributed by atoms with Gasteiger partial charge in [0.1, 0.15) is 12.4 Å². The Bertz CT molecular complexity index is 1090. The molecule has 5 nitrogen and oxygen atoms in total. The molecule has 0 unspecified atom stereocenters. The van der Waals surface area contributed by atoms with Crippen molar-refractivity contribution >= 4 is 37.6 Å². The van der Waals surface area contributed by atoms with E-state index in [0.717, 1.165) is 39.9 Å². The van der Waals surface area contributed by atoms with Crippen molar-refractivity contribution in [2.75, 3.05) is 6.54 Å². The highest BCUT2D eigenvalue weighted by Crippen LogP contribution is 2.24. The SMILES string of the molecule is NS(=O)(=O)c1ccc(CCNCc2cc(Br)ccc2OCc2ccc(Cl)cc2)cc1. The molecule has 0 aromatic heterocycles. The van der Waals surface area contributed by atoms with Gasteiger partial charge in [-0.05, 0) is 66.6 Å². The maximum Gasteiger partial charge on any atom is 0.238 e. The topological polar surface area (TPSA) is 81.4 Å². The predicted octanol–water partition coefficient (Wildman–Crippen LogP) is 4.66. The number of primary sulfonamides is 1.